The summed E-state index contributed by atoms with van der Waals surface area (Å²) < 4.78 is 45.2. The van der Waals surface area contributed by atoms with Crippen LogP contribution < -0.4 is 4.74 Å². The molecule has 2 rings (SSSR count). The molecule has 0 aliphatic carbocycles. The van der Waals surface area contributed by atoms with Gasteiger partial charge in [0.05, 0.1) is 0 Å². The third-order valence-corrected chi connectivity index (χ3v) is 3.21. The number of halogens is 3. The Morgan fingerprint density at radius 1 is 0.857 bits per heavy atom. The second-order valence-electron chi connectivity index (χ2n) is 4.88. The van der Waals surface area contributed by atoms with Gasteiger partial charge in [0.1, 0.15) is 5.75 Å². The van der Waals surface area contributed by atoms with Crippen molar-refractivity contribution in [1.29, 1.82) is 0 Å². The maximum Gasteiger partial charge on any atom is 0.204 e. The van der Waals surface area contributed by atoms with Gasteiger partial charge in [0.2, 0.25) is 11.6 Å². The van der Waals surface area contributed by atoms with Gasteiger partial charge in [0, 0.05) is 0 Å². The Morgan fingerprint density at radius 3 is 2.19 bits per heavy atom. The number of aryl methyl sites for hydroxylation is 1. The highest BCUT2D eigenvalue weighted by atomic mass is 19.2. The van der Waals surface area contributed by atoms with Crippen LogP contribution in [0.2, 0.25) is 0 Å². The zero-order valence-electron chi connectivity index (χ0n) is 11.8. The van der Waals surface area contributed by atoms with Crippen molar-refractivity contribution >= 4 is 0 Å². The summed E-state index contributed by atoms with van der Waals surface area (Å²) in [6.45, 7) is 2.14. The van der Waals surface area contributed by atoms with Crippen molar-refractivity contribution < 1.29 is 17.9 Å². The fraction of sp³-hybridized carbons (Fsp3) is 0.294. The van der Waals surface area contributed by atoms with Gasteiger partial charge in [-0.1, -0.05) is 31.9 Å². The molecule has 0 saturated heterocycles. The highest BCUT2D eigenvalue weighted by Gasteiger charge is 2.16. The molecular weight excluding hydrogens is 277 g/mol. The maximum atomic E-state index is 13.5. The van der Waals surface area contributed by atoms with Crippen molar-refractivity contribution in [3.8, 4) is 11.5 Å². The first-order chi connectivity index (χ1) is 10.1. The number of ether oxygens (including phenoxy) is 1. The lowest BCUT2D eigenvalue weighted by molar-refractivity contribution is 0.386. The van der Waals surface area contributed by atoms with E-state index < -0.39 is 23.2 Å². The van der Waals surface area contributed by atoms with E-state index in [0.29, 0.717) is 0 Å². The zero-order chi connectivity index (χ0) is 15.2. The molecular formula is C17H17F3O. The molecule has 2 aromatic rings. The van der Waals surface area contributed by atoms with Crippen molar-refractivity contribution in [2.45, 2.75) is 32.6 Å². The van der Waals surface area contributed by atoms with Crippen LogP contribution in [0, 0.1) is 17.5 Å². The molecule has 2 aromatic carbocycles. The smallest absolute Gasteiger partial charge is 0.204 e. The number of unbranched alkanes of at least 4 members (excludes halogenated alkanes) is 2. The fourth-order valence-corrected chi connectivity index (χ4v) is 2.02. The summed E-state index contributed by atoms with van der Waals surface area (Å²) in [6, 6.07) is 8.53. The van der Waals surface area contributed by atoms with E-state index in [9.17, 15) is 13.2 Å². The van der Waals surface area contributed by atoms with Crippen LogP contribution in [0.1, 0.15) is 31.7 Å². The fourth-order valence-electron chi connectivity index (χ4n) is 2.02. The largest absolute Gasteiger partial charge is 0.451 e. The Hall–Kier alpha value is -1.97. The average molecular weight is 294 g/mol. The minimum absolute atomic E-state index is 0.276. The first kappa shape index (κ1) is 15.4. The summed E-state index contributed by atoms with van der Waals surface area (Å²) >= 11 is 0. The summed E-state index contributed by atoms with van der Waals surface area (Å²) in [6.07, 6.45) is 4.37. The summed E-state index contributed by atoms with van der Waals surface area (Å²) in [4.78, 5) is 0. The number of benzene rings is 2. The molecule has 0 atom stereocenters. The van der Waals surface area contributed by atoms with E-state index in [-0.39, 0.29) is 5.75 Å². The lowest BCUT2D eigenvalue weighted by Gasteiger charge is -2.09. The Kier molecular flexibility index (Phi) is 5.26. The van der Waals surface area contributed by atoms with Gasteiger partial charge in [0.25, 0.3) is 0 Å². The first-order valence-electron chi connectivity index (χ1n) is 7.02. The topological polar surface area (TPSA) is 9.23 Å². The first-order valence-corrected chi connectivity index (χ1v) is 7.02. The van der Waals surface area contributed by atoms with Crippen LogP contribution in [0.3, 0.4) is 0 Å². The molecule has 0 N–H and O–H groups in total. The van der Waals surface area contributed by atoms with E-state index in [2.05, 4.69) is 6.92 Å². The van der Waals surface area contributed by atoms with Gasteiger partial charge in [-0.15, -0.1) is 0 Å². The van der Waals surface area contributed by atoms with Crippen LogP contribution in [0.25, 0.3) is 0 Å². The van der Waals surface area contributed by atoms with Gasteiger partial charge in [-0.25, -0.2) is 8.78 Å². The normalized spacial score (nSPS) is 10.7. The molecule has 1 nitrogen and oxygen atoms in total. The quantitative estimate of drug-likeness (QED) is 0.495. The molecule has 0 aliphatic rings. The van der Waals surface area contributed by atoms with Gasteiger partial charge < -0.3 is 4.74 Å². The van der Waals surface area contributed by atoms with E-state index in [1.807, 2.05) is 12.1 Å². The van der Waals surface area contributed by atoms with Crippen LogP contribution in [-0.4, -0.2) is 0 Å². The van der Waals surface area contributed by atoms with Gasteiger partial charge in [-0.05, 0) is 42.7 Å². The van der Waals surface area contributed by atoms with Crippen molar-refractivity contribution in [3.05, 3.63) is 59.4 Å². The molecule has 112 valence electrons. The summed E-state index contributed by atoms with van der Waals surface area (Å²) in [7, 11) is 0. The van der Waals surface area contributed by atoms with Crippen molar-refractivity contribution in [2.24, 2.45) is 0 Å². The molecule has 0 amide bonds. The molecule has 0 spiro atoms. The molecule has 21 heavy (non-hydrogen) atoms. The molecule has 0 fully saturated rings. The number of hydrogen-bond donors (Lipinski definition) is 0. The van der Waals surface area contributed by atoms with Crippen molar-refractivity contribution in [3.63, 3.8) is 0 Å². The molecule has 0 radical (unpaired) electrons. The Balaban J connectivity index is 2.09. The Bertz CT molecular complexity index is 594. The molecule has 0 aromatic heterocycles. The standard InChI is InChI=1S/C17H17F3O/c1-2-3-4-5-12-6-8-13(9-7-12)21-17-15(19)11-10-14(18)16(17)20/h6-11H,2-5H2,1H3. The van der Waals surface area contributed by atoms with E-state index in [1.54, 1.807) is 12.1 Å². The van der Waals surface area contributed by atoms with Crippen LogP contribution in [-0.2, 0) is 6.42 Å². The maximum absolute atomic E-state index is 13.5. The van der Waals surface area contributed by atoms with Gasteiger partial charge >= 0.3 is 0 Å². The van der Waals surface area contributed by atoms with E-state index >= 15 is 0 Å². The second-order valence-corrected chi connectivity index (χ2v) is 4.88. The third kappa shape index (κ3) is 4.00. The molecule has 0 aliphatic heterocycles. The van der Waals surface area contributed by atoms with Crippen LogP contribution >= 0.6 is 0 Å². The van der Waals surface area contributed by atoms with E-state index in [0.717, 1.165) is 43.4 Å². The minimum Gasteiger partial charge on any atom is -0.451 e. The highest BCUT2D eigenvalue weighted by Crippen LogP contribution is 2.29. The number of hydrogen-bond acceptors (Lipinski definition) is 1. The molecule has 4 heteroatoms. The third-order valence-electron chi connectivity index (χ3n) is 3.21. The summed E-state index contributed by atoms with van der Waals surface area (Å²) in [5.41, 5.74) is 1.14. The zero-order valence-corrected chi connectivity index (χ0v) is 11.8. The summed E-state index contributed by atoms with van der Waals surface area (Å²) in [5, 5.41) is 0. The SMILES string of the molecule is CCCCCc1ccc(Oc2c(F)ccc(F)c2F)cc1. The summed E-state index contributed by atoms with van der Waals surface area (Å²) in [5.74, 6) is -3.82. The predicted molar refractivity (Wildman–Crippen MR) is 76.1 cm³/mol. The van der Waals surface area contributed by atoms with Crippen molar-refractivity contribution in [2.75, 3.05) is 0 Å². The Labute approximate surface area is 122 Å². The molecule has 0 unspecified atom stereocenters. The van der Waals surface area contributed by atoms with Gasteiger partial charge in [0.15, 0.2) is 11.6 Å². The van der Waals surface area contributed by atoms with Gasteiger partial charge in [-0.2, -0.15) is 4.39 Å². The lowest BCUT2D eigenvalue weighted by atomic mass is 10.1. The van der Waals surface area contributed by atoms with Crippen LogP contribution in [0.5, 0.6) is 11.5 Å². The molecule has 0 saturated carbocycles. The van der Waals surface area contributed by atoms with Crippen LogP contribution in [0.15, 0.2) is 36.4 Å². The Morgan fingerprint density at radius 2 is 1.52 bits per heavy atom. The monoisotopic (exact) mass is 294 g/mol. The highest BCUT2D eigenvalue weighted by molar-refractivity contribution is 5.35. The molecule has 0 bridgehead atoms. The van der Waals surface area contributed by atoms with E-state index in [1.165, 1.54) is 0 Å². The number of rotatable bonds is 6. The molecule has 0 heterocycles. The van der Waals surface area contributed by atoms with Gasteiger partial charge in [-0.3, -0.25) is 0 Å². The second kappa shape index (κ2) is 7.16. The van der Waals surface area contributed by atoms with E-state index in [4.69, 9.17) is 4.74 Å². The van der Waals surface area contributed by atoms with Crippen LogP contribution in [0.4, 0.5) is 13.2 Å². The lowest BCUT2D eigenvalue weighted by Crippen LogP contribution is -1.96. The van der Waals surface area contributed by atoms with Crippen molar-refractivity contribution in [1.82, 2.24) is 0 Å². The average Bonchev–Trinajstić information content (AvgIpc) is 2.49. The predicted octanol–water partition coefficient (Wildman–Crippen LogP) is 5.63. The minimum atomic E-state index is -1.32.